The highest BCUT2D eigenvalue weighted by Crippen LogP contribution is 2.22. The molecular weight excluding hydrogens is 388 g/mol. The highest BCUT2D eigenvalue weighted by atomic mass is 16.5. The van der Waals surface area contributed by atoms with Gasteiger partial charge in [0, 0.05) is 5.56 Å². The third kappa shape index (κ3) is 6.12. The lowest BCUT2D eigenvalue weighted by atomic mass is 9.87. The molecular formula is C26H26N2O3. The van der Waals surface area contributed by atoms with Crippen molar-refractivity contribution in [3.05, 3.63) is 101 Å². The summed E-state index contributed by atoms with van der Waals surface area (Å²) in [5.41, 5.74) is 6.53. The summed E-state index contributed by atoms with van der Waals surface area (Å²) in [6.07, 6.45) is 1.54. The maximum Gasteiger partial charge on any atom is 0.343 e. The molecule has 0 aromatic heterocycles. The van der Waals surface area contributed by atoms with Crippen molar-refractivity contribution in [3.63, 3.8) is 0 Å². The molecule has 0 fully saturated rings. The minimum Gasteiger partial charge on any atom is -0.423 e. The Morgan fingerprint density at radius 2 is 1.58 bits per heavy atom. The first-order valence-corrected chi connectivity index (χ1v) is 10.1. The normalized spacial score (nSPS) is 11.4. The van der Waals surface area contributed by atoms with Crippen molar-refractivity contribution < 1.29 is 14.3 Å². The summed E-state index contributed by atoms with van der Waals surface area (Å²) in [7, 11) is 0. The van der Waals surface area contributed by atoms with Crippen molar-refractivity contribution in [2.75, 3.05) is 0 Å². The second-order valence-electron chi connectivity index (χ2n) is 8.35. The van der Waals surface area contributed by atoms with E-state index in [9.17, 15) is 9.59 Å². The molecule has 0 spiro atoms. The molecule has 31 heavy (non-hydrogen) atoms. The SMILES string of the molecule is Cc1cccc(C(=O)Oc2ccc(/C=N\NC(=O)c3ccc(C(C)(C)C)cc3)cc2)c1. The van der Waals surface area contributed by atoms with Crippen LogP contribution in [0.15, 0.2) is 77.9 Å². The van der Waals surface area contributed by atoms with Crippen molar-refractivity contribution in [2.45, 2.75) is 33.1 Å². The Hall–Kier alpha value is -3.73. The number of esters is 1. The van der Waals surface area contributed by atoms with E-state index in [0.29, 0.717) is 16.9 Å². The lowest BCUT2D eigenvalue weighted by Crippen LogP contribution is -2.18. The number of aryl methyl sites for hydroxylation is 1. The molecule has 0 aliphatic heterocycles. The maximum atomic E-state index is 12.2. The number of nitrogens with one attached hydrogen (secondary N) is 1. The zero-order valence-corrected chi connectivity index (χ0v) is 18.2. The Labute approximate surface area is 182 Å². The lowest BCUT2D eigenvalue weighted by molar-refractivity contribution is 0.0734. The molecule has 1 N–H and O–H groups in total. The van der Waals surface area contributed by atoms with Crippen molar-refractivity contribution >= 4 is 18.1 Å². The molecule has 0 aliphatic rings. The molecule has 3 rings (SSSR count). The molecule has 3 aromatic rings. The molecule has 0 atom stereocenters. The van der Waals surface area contributed by atoms with Gasteiger partial charge in [-0.3, -0.25) is 4.79 Å². The molecule has 0 saturated heterocycles. The number of carbonyl (C=O) groups is 2. The number of nitrogens with zero attached hydrogens (tertiary/aromatic N) is 1. The van der Waals surface area contributed by atoms with Crippen LogP contribution in [0.4, 0.5) is 0 Å². The van der Waals surface area contributed by atoms with Gasteiger partial charge in [-0.05, 0) is 72.0 Å². The zero-order chi connectivity index (χ0) is 22.4. The third-order valence-corrected chi connectivity index (χ3v) is 4.74. The van der Waals surface area contributed by atoms with E-state index in [1.54, 1.807) is 48.5 Å². The average Bonchev–Trinajstić information content (AvgIpc) is 2.74. The summed E-state index contributed by atoms with van der Waals surface area (Å²) in [5, 5.41) is 4.00. The van der Waals surface area contributed by atoms with Gasteiger partial charge in [0.05, 0.1) is 11.8 Å². The number of hydrogen-bond donors (Lipinski definition) is 1. The number of carbonyl (C=O) groups excluding carboxylic acids is 2. The Bertz CT molecular complexity index is 1090. The van der Waals surface area contributed by atoms with Crippen molar-refractivity contribution in [2.24, 2.45) is 5.10 Å². The molecule has 3 aromatic carbocycles. The van der Waals surface area contributed by atoms with Crippen LogP contribution in [-0.4, -0.2) is 18.1 Å². The summed E-state index contributed by atoms with van der Waals surface area (Å²) in [6, 6.07) is 21.6. The predicted molar refractivity (Wildman–Crippen MR) is 123 cm³/mol. The fourth-order valence-electron chi connectivity index (χ4n) is 2.91. The van der Waals surface area contributed by atoms with Gasteiger partial charge in [0.2, 0.25) is 0 Å². The van der Waals surface area contributed by atoms with Crippen LogP contribution in [0.25, 0.3) is 0 Å². The minimum absolute atomic E-state index is 0.0354. The molecule has 0 aliphatic carbocycles. The van der Waals surface area contributed by atoms with Gasteiger partial charge in [-0.15, -0.1) is 0 Å². The Morgan fingerprint density at radius 1 is 0.903 bits per heavy atom. The number of amides is 1. The molecule has 1 amide bonds. The van der Waals surface area contributed by atoms with Gasteiger partial charge in [-0.1, -0.05) is 50.6 Å². The summed E-state index contributed by atoms with van der Waals surface area (Å²) in [5.74, 6) is -0.248. The van der Waals surface area contributed by atoms with Crippen molar-refractivity contribution in [1.82, 2.24) is 5.43 Å². The van der Waals surface area contributed by atoms with E-state index in [-0.39, 0.29) is 11.3 Å². The van der Waals surface area contributed by atoms with Crippen LogP contribution in [0.2, 0.25) is 0 Å². The fourth-order valence-corrected chi connectivity index (χ4v) is 2.91. The molecule has 0 saturated carbocycles. The summed E-state index contributed by atoms with van der Waals surface area (Å²) >= 11 is 0. The molecule has 0 unspecified atom stereocenters. The van der Waals surface area contributed by atoms with E-state index in [2.05, 4.69) is 31.3 Å². The van der Waals surface area contributed by atoms with E-state index >= 15 is 0 Å². The van der Waals surface area contributed by atoms with Crippen LogP contribution in [0.5, 0.6) is 5.75 Å². The minimum atomic E-state index is -0.408. The van der Waals surface area contributed by atoms with Gasteiger partial charge in [-0.2, -0.15) is 5.10 Å². The quantitative estimate of drug-likeness (QED) is 0.267. The highest BCUT2D eigenvalue weighted by molar-refractivity contribution is 5.95. The Morgan fingerprint density at radius 3 is 2.19 bits per heavy atom. The first-order chi connectivity index (χ1) is 14.7. The van der Waals surface area contributed by atoms with E-state index in [0.717, 1.165) is 16.7 Å². The van der Waals surface area contributed by atoms with Gasteiger partial charge in [0.15, 0.2) is 0 Å². The monoisotopic (exact) mass is 414 g/mol. The van der Waals surface area contributed by atoms with Crippen molar-refractivity contribution in [3.8, 4) is 5.75 Å². The van der Waals surface area contributed by atoms with Crippen LogP contribution in [0.1, 0.15) is 58.2 Å². The van der Waals surface area contributed by atoms with Gasteiger partial charge < -0.3 is 4.74 Å². The van der Waals surface area contributed by atoms with Crippen LogP contribution in [-0.2, 0) is 5.41 Å². The molecule has 0 heterocycles. The maximum absolute atomic E-state index is 12.2. The topological polar surface area (TPSA) is 67.8 Å². The zero-order valence-electron chi connectivity index (χ0n) is 18.2. The standard InChI is InChI=1S/C26H26N2O3/c1-18-6-5-7-21(16-18)25(30)31-23-14-8-19(9-15-23)17-27-28-24(29)20-10-12-22(13-11-20)26(2,3)4/h5-17H,1-4H3,(H,28,29)/b27-17-. The number of hydrogen-bond acceptors (Lipinski definition) is 4. The highest BCUT2D eigenvalue weighted by Gasteiger charge is 2.14. The lowest BCUT2D eigenvalue weighted by Gasteiger charge is -2.18. The second kappa shape index (κ2) is 9.39. The van der Waals surface area contributed by atoms with Crippen LogP contribution in [0, 0.1) is 6.92 Å². The molecule has 0 bridgehead atoms. The Balaban J connectivity index is 1.55. The van der Waals surface area contributed by atoms with Gasteiger partial charge in [0.25, 0.3) is 5.91 Å². The van der Waals surface area contributed by atoms with Crippen LogP contribution >= 0.6 is 0 Å². The molecule has 5 nitrogen and oxygen atoms in total. The predicted octanol–water partition coefficient (Wildman–Crippen LogP) is 5.28. The largest absolute Gasteiger partial charge is 0.423 e. The van der Waals surface area contributed by atoms with Gasteiger partial charge >= 0.3 is 5.97 Å². The number of ether oxygens (including phenoxy) is 1. The van der Waals surface area contributed by atoms with E-state index in [4.69, 9.17) is 4.74 Å². The number of hydrazone groups is 1. The van der Waals surface area contributed by atoms with Crippen molar-refractivity contribution in [1.29, 1.82) is 0 Å². The van der Waals surface area contributed by atoms with E-state index < -0.39 is 5.97 Å². The first-order valence-electron chi connectivity index (χ1n) is 10.1. The summed E-state index contributed by atoms with van der Waals surface area (Å²) < 4.78 is 5.39. The smallest absolute Gasteiger partial charge is 0.343 e. The molecule has 158 valence electrons. The summed E-state index contributed by atoms with van der Waals surface area (Å²) in [4.78, 5) is 24.5. The Kier molecular flexibility index (Phi) is 6.65. The van der Waals surface area contributed by atoms with Crippen LogP contribution in [0.3, 0.4) is 0 Å². The van der Waals surface area contributed by atoms with Crippen LogP contribution < -0.4 is 10.2 Å². The van der Waals surface area contributed by atoms with E-state index in [1.807, 2.05) is 31.2 Å². The number of benzene rings is 3. The second-order valence-corrected chi connectivity index (χ2v) is 8.35. The fraction of sp³-hybridized carbons (Fsp3) is 0.192. The number of rotatable bonds is 5. The first kappa shape index (κ1) is 22.0. The van der Waals surface area contributed by atoms with Gasteiger partial charge in [-0.25, -0.2) is 10.2 Å². The third-order valence-electron chi connectivity index (χ3n) is 4.74. The summed E-state index contributed by atoms with van der Waals surface area (Å²) in [6.45, 7) is 8.30. The van der Waals surface area contributed by atoms with E-state index in [1.165, 1.54) is 6.21 Å². The molecule has 0 radical (unpaired) electrons. The molecule has 5 heteroatoms. The average molecular weight is 415 g/mol. The van der Waals surface area contributed by atoms with Gasteiger partial charge in [0.1, 0.15) is 5.75 Å².